The van der Waals surface area contributed by atoms with Gasteiger partial charge in [0.15, 0.2) is 0 Å². The molecule has 1 aromatic rings. The van der Waals surface area contributed by atoms with Crippen LogP contribution in [0.2, 0.25) is 0 Å². The van der Waals surface area contributed by atoms with Crippen molar-refractivity contribution >= 4 is 17.7 Å². The summed E-state index contributed by atoms with van der Waals surface area (Å²) >= 11 is 1.96. The highest BCUT2D eigenvalue weighted by Gasteiger charge is 2.46. The number of carbonyl (C=O) groups excluding carboxylic acids is 1. The Hall–Kier alpha value is -1.20. The summed E-state index contributed by atoms with van der Waals surface area (Å²) < 4.78 is 5.15. The number of rotatable bonds is 2. The maximum Gasteiger partial charge on any atom is 0.255 e. The van der Waals surface area contributed by atoms with Gasteiger partial charge in [-0.25, -0.2) is 0 Å². The van der Waals surface area contributed by atoms with Gasteiger partial charge in [-0.3, -0.25) is 4.79 Å². The van der Waals surface area contributed by atoms with E-state index in [-0.39, 0.29) is 10.8 Å². The Balaban J connectivity index is 1.81. The predicted octanol–water partition coefficient (Wildman–Crippen LogP) is 0.938. The van der Waals surface area contributed by atoms with Crippen molar-refractivity contribution in [3.63, 3.8) is 0 Å². The first-order valence-electron chi connectivity index (χ1n) is 7.17. The number of thioether (sulfide) groups is 1. The number of piperidine rings is 1. The van der Waals surface area contributed by atoms with E-state index in [4.69, 9.17) is 4.74 Å². The SMILES string of the molecule is COc1ccc(C(=O)N2CCSC23CC[NH2+]CC3)cc1. The van der Waals surface area contributed by atoms with Crippen molar-refractivity contribution in [2.75, 3.05) is 32.5 Å². The van der Waals surface area contributed by atoms with Gasteiger partial charge in [0.1, 0.15) is 5.75 Å². The lowest BCUT2D eigenvalue weighted by Crippen LogP contribution is -2.88. The summed E-state index contributed by atoms with van der Waals surface area (Å²) in [6.45, 7) is 3.12. The molecule has 0 aliphatic carbocycles. The van der Waals surface area contributed by atoms with Crippen molar-refractivity contribution in [1.29, 1.82) is 0 Å². The normalized spacial score (nSPS) is 21.1. The van der Waals surface area contributed by atoms with Crippen LogP contribution in [0.3, 0.4) is 0 Å². The molecule has 2 fully saturated rings. The van der Waals surface area contributed by atoms with Gasteiger partial charge in [-0.05, 0) is 24.3 Å². The molecule has 2 N–H and O–H groups in total. The molecule has 1 aromatic carbocycles. The van der Waals surface area contributed by atoms with Crippen molar-refractivity contribution < 1.29 is 14.8 Å². The zero-order valence-electron chi connectivity index (χ0n) is 11.8. The highest BCUT2D eigenvalue weighted by atomic mass is 32.2. The third-order valence-corrected chi connectivity index (χ3v) is 5.79. The van der Waals surface area contributed by atoms with Crippen LogP contribution in [-0.2, 0) is 0 Å². The number of nitrogens with zero attached hydrogens (tertiary/aromatic N) is 1. The first-order chi connectivity index (χ1) is 9.75. The Morgan fingerprint density at radius 2 is 2.00 bits per heavy atom. The molecule has 2 saturated heterocycles. The monoisotopic (exact) mass is 293 g/mol. The van der Waals surface area contributed by atoms with Crippen molar-refractivity contribution in [2.45, 2.75) is 17.7 Å². The summed E-state index contributed by atoms with van der Waals surface area (Å²) in [7, 11) is 1.64. The second-order valence-electron chi connectivity index (χ2n) is 5.35. The molecule has 1 spiro atoms. The van der Waals surface area contributed by atoms with Gasteiger partial charge in [0, 0.05) is 30.7 Å². The Morgan fingerprint density at radius 3 is 2.65 bits per heavy atom. The van der Waals surface area contributed by atoms with Crippen molar-refractivity contribution in [3.05, 3.63) is 29.8 Å². The fourth-order valence-electron chi connectivity index (χ4n) is 3.12. The summed E-state index contributed by atoms with van der Waals surface area (Å²) in [5, 5.41) is 2.35. The second-order valence-corrected chi connectivity index (χ2v) is 6.80. The van der Waals surface area contributed by atoms with Crippen LogP contribution in [0.25, 0.3) is 0 Å². The zero-order valence-corrected chi connectivity index (χ0v) is 12.6. The van der Waals surface area contributed by atoms with E-state index in [0.29, 0.717) is 0 Å². The van der Waals surface area contributed by atoms with E-state index in [1.165, 1.54) is 0 Å². The van der Waals surface area contributed by atoms with Gasteiger partial charge >= 0.3 is 0 Å². The molecular formula is C15H21N2O2S+. The molecule has 0 saturated carbocycles. The lowest BCUT2D eigenvalue weighted by molar-refractivity contribution is -0.664. The largest absolute Gasteiger partial charge is 0.497 e. The number of hydrogen-bond donors (Lipinski definition) is 1. The molecule has 0 unspecified atom stereocenters. The van der Waals surface area contributed by atoms with Crippen molar-refractivity contribution in [3.8, 4) is 5.75 Å². The van der Waals surface area contributed by atoms with E-state index < -0.39 is 0 Å². The molecule has 108 valence electrons. The standard InChI is InChI=1S/C15H20N2O2S/c1-19-13-4-2-12(3-5-13)14(18)17-10-11-20-15(17)6-8-16-9-7-15/h2-5,16H,6-11H2,1H3/p+1. The molecular weight excluding hydrogens is 272 g/mol. The molecule has 0 bridgehead atoms. The lowest BCUT2D eigenvalue weighted by atomic mass is 10.0. The molecule has 0 radical (unpaired) electrons. The first kappa shape index (κ1) is 13.8. The number of hydrogen-bond acceptors (Lipinski definition) is 3. The van der Waals surface area contributed by atoms with E-state index >= 15 is 0 Å². The minimum absolute atomic E-state index is 0.0474. The Kier molecular flexibility index (Phi) is 3.89. The fraction of sp³-hybridized carbons (Fsp3) is 0.533. The van der Waals surface area contributed by atoms with Crippen LogP contribution in [-0.4, -0.2) is 48.2 Å². The van der Waals surface area contributed by atoms with Gasteiger partial charge in [-0.2, -0.15) is 0 Å². The Labute approximate surface area is 123 Å². The minimum Gasteiger partial charge on any atom is -0.497 e. The Morgan fingerprint density at radius 1 is 1.30 bits per heavy atom. The third kappa shape index (κ3) is 2.40. The summed E-state index contributed by atoms with van der Waals surface area (Å²) in [6.07, 6.45) is 2.19. The van der Waals surface area contributed by atoms with Crippen LogP contribution < -0.4 is 10.1 Å². The maximum absolute atomic E-state index is 12.8. The molecule has 0 aromatic heterocycles. The number of nitrogens with two attached hydrogens (primary N) is 1. The van der Waals surface area contributed by atoms with Crippen LogP contribution in [0, 0.1) is 0 Å². The fourth-order valence-corrected chi connectivity index (χ4v) is 4.63. The molecule has 1 amide bonds. The van der Waals surface area contributed by atoms with Crippen LogP contribution >= 0.6 is 11.8 Å². The average molecular weight is 293 g/mol. The van der Waals surface area contributed by atoms with Crippen molar-refractivity contribution in [1.82, 2.24) is 4.90 Å². The maximum atomic E-state index is 12.8. The predicted molar refractivity (Wildman–Crippen MR) is 80.1 cm³/mol. The highest BCUT2D eigenvalue weighted by molar-refractivity contribution is 8.00. The van der Waals surface area contributed by atoms with Gasteiger partial charge < -0.3 is 15.0 Å². The molecule has 2 aliphatic heterocycles. The number of benzene rings is 1. The molecule has 20 heavy (non-hydrogen) atoms. The van der Waals surface area contributed by atoms with Crippen LogP contribution in [0.4, 0.5) is 0 Å². The summed E-state index contributed by atoms with van der Waals surface area (Å²) in [5.74, 6) is 2.01. The molecule has 4 nitrogen and oxygen atoms in total. The third-order valence-electron chi connectivity index (χ3n) is 4.24. The number of amides is 1. The highest BCUT2D eigenvalue weighted by Crippen LogP contribution is 2.42. The van der Waals surface area contributed by atoms with E-state index in [1.807, 2.05) is 36.0 Å². The summed E-state index contributed by atoms with van der Waals surface area (Å²) in [6, 6.07) is 7.45. The molecule has 2 heterocycles. The van der Waals surface area contributed by atoms with Gasteiger partial charge in [-0.15, -0.1) is 11.8 Å². The molecule has 5 heteroatoms. The lowest BCUT2D eigenvalue weighted by Gasteiger charge is -2.39. The number of carbonyl (C=O) groups is 1. The molecule has 0 atom stereocenters. The van der Waals surface area contributed by atoms with Gasteiger partial charge in [0.25, 0.3) is 5.91 Å². The number of quaternary nitrogens is 1. The van der Waals surface area contributed by atoms with Gasteiger partial charge in [0.2, 0.25) is 0 Å². The number of ether oxygens (including phenoxy) is 1. The summed E-state index contributed by atoms with van der Waals surface area (Å²) in [4.78, 5) is 14.9. The van der Waals surface area contributed by atoms with Crippen molar-refractivity contribution in [2.24, 2.45) is 0 Å². The van der Waals surface area contributed by atoms with Crippen LogP contribution in [0.1, 0.15) is 23.2 Å². The van der Waals surface area contributed by atoms with E-state index in [9.17, 15) is 4.79 Å². The topological polar surface area (TPSA) is 46.1 Å². The second kappa shape index (κ2) is 5.66. The van der Waals surface area contributed by atoms with Crippen LogP contribution in [0.15, 0.2) is 24.3 Å². The molecule has 3 rings (SSSR count). The Bertz CT molecular complexity index is 483. The summed E-state index contributed by atoms with van der Waals surface area (Å²) in [5.41, 5.74) is 0.766. The van der Waals surface area contributed by atoms with E-state index in [0.717, 1.165) is 49.5 Å². The number of methoxy groups -OCH3 is 1. The van der Waals surface area contributed by atoms with Gasteiger partial charge in [-0.1, -0.05) is 0 Å². The minimum atomic E-state index is 0.0474. The zero-order chi connectivity index (χ0) is 14.0. The average Bonchev–Trinajstić information content (AvgIpc) is 2.90. The van der Waals surface area contributed by atoms with E-state index in [1.54, 1.807) is 7.11 Å². The quantitative estimate of drug-likeness (QED) is 0.883. The molecule has 2 aliphatic rings. The van der Waals surface area contributed by atoms with Crippen LogP contribution in [0.5, 0.6) is 5.75 Å². The van der Waals surface area contributed by atoms with Gasteiger partial charge in [0.05, 0.1) is 25.1 Å². The first-order valence-corrected chi connectivity index (χ1v) is 8.15. The van der Waals surface area contributed by atoms with E-state index in [2.05, 4.69) is 10.2 Å². The smallest absolute Gasteiger partial charge is 0.255 e.